The fraction of sp³-hybridized carbons (Fsp3) is 0.579. The number of nitrogens with zero attached hydrogens (tertiary/aromatic N) is 2. The molecule has 1 aromatic rings. The summed E-state index contributed by atoms with van der Waals surface area (Å²) in [5.41, 5.74) is 9.97. The Morgan fingerprint density at radius 2 is 1.92 bits per heavy atom. The van der Waals surface area contributed by atoms with E-state index in [1.807, 2.05) is 6.92 Å². The van der Waals surface area contributed by atoms with Crippen molar-refractivity contribution in [2.45, 2.75) is 46.1 Å². The van der Waals surface area contributed by atoms with Gasteiger partial charge in [-0.3, -0.25) is 4.99 Å². The van der Waals surface area contributed by atoms with Gasteiger partial charge in [-0.25, -0.2) is 4.79 Å². The second-order valence-corrected chi connectivity index (χ2v) is 6.49. The molecule has 26 heavy (non-hydrogen) atoms. The van der Waals surface area contributed by atoms with Gasteiger partial charge in [0.15, 0.2) is 5.96 Å². The normalized spacial score (nSPS) is 15.3. The summed E-state index contributed by atoms with van der Waals surface area (Å²) in [6.07, 6.45) is 2.37. The molecule has 0 bridgehead atoms. The molecule has 7 heteroatoms. The molecule has 6 nitrogen and oxygen atoms in total. The Bertz CT molecular complexity index is 593. The van der Waals surface area contributed by atoms with Crippen LogP contribution in [-0.2, 0) is 11.2 Å². The summed E-state index contributed by atoms with van der Waals surface area (Å²) < 4.78 is 5.03. The predicted octanol–water partition coefficient (Wildman–Crippen LogP) is 2.99. The van der Waals surface area contributed by atoms with Gasteiger partial charge in [0.25, 0.3) is 0 Å². The highest BCUT2D eigenvalue weighted by Gasteiger charge is 2.23. The number of aryl methyl sites for hydroxylation is 2. The van der Waals surface area contributed by atoms with E-state index < -0.39 is 0 Å². The lowest BCUT2D eigenvalue weighted by molar-refractivity contribution is 0.0963. The lowest BCUT2D eigenvalue weighted by Gasteiger charge is -2.31. The van der Waals surface area contributed by atoms with Crippen molar-refractivity contribution < 1.29 is 9.53 Å². The number of hydrogen-bond donors (Lipinski definition) is 2. The number of ether oxygens (including phenoxy) is 1. The van der Waals surface area contributed by atoms with Crippen LogP contribution in [0, 0.1) is 13.8 Å². The second-order valence-electron chi connectivity index (χ2n) is 6.49. The van der Waals surface area contributed by atoms with E-state index in [0.29, 0.717) is 32.2 Å². The molecule has 1 aliphatic heterocycles. The van der Waals surface area contributed by atoms with Gasteiger partial charge >= 0.3 is 6.09 Å². The zero-order valence-corrected chi connectivity index (χ0v) is 18.3. The summed E-state index contributed by atoms with van der Waals surface area (Å²) >= 11 is 0. The first-order valence-electron chi connectivity index (χ1n) is 9.04. The number of aliphatic imine (C=N–C) groups is 1. The fourth-order valence-corrected chi connectivity index (χ4v) is 3.21. The maximum atomic E-state index is 11.7. The molecule has 0 aliphatic carbocycles. The Kier molecular flexibility index (Phi) is 9.75. The molecule has 146 valence electrons. The highest BCUT2D eigenvalue weighted by Crippen LogP contribution is 2.14. The highest BCUT2D eigenvalue weighted by molar-refractivity contribution is 14.0. The van der Waals surface area contributed by atoms with Crippen molar-refractivity contribution in [2.75, 3.05) is 26.2 Å². The predicted molar refractivity (Wildman–Crippen MR) is 116 cm³/mol. The first-order chi connectivity index (χ1) is 12.0. The number of nitrogens with two attached hydrogens (primary N) is 1. The highest BCUT2D eigenvalue weighted by atomic mass is 127. The summed E-state index contributed by atoms with van der Waals surface area (Å²) in [6, 6.07) is 6.60. The van der Waals surface area contributed by atoms with Crippen LogP contribution in [0.3, 0.4) is 0 Å². The van der Waals surface area contributed by atoms with Gasteiger partial charge in [-0.15, -0.1) is 24.0 Å². The van der Waals surface area contributed by atoms with Gasteiger partial charge in [0, 0.05) is 25.7 Å². The molecule has 0 aromatic heterocycles. The van der Waals surface area contributed by atoms with Crippen LogP contribution in [0.5, 0.6) is 0 Å². The minimum atomic E-state index is -0.226. The molecular weight excluding hydrogens is 443 g/mol. The summed E-state index contributed by atoms with van der Waals surface area (Å²) in [5, 5.41) is 3.27. The maximum Gasteiger partial charge on any atom is 0.409 e. The minimum Gasteiger partial charge on any atom is -0.450 e. The van der Waals surface area contributed by atoms with Crippen molar-refractivity contribution in [1.29, 1.82) is 0 Å². The van der Waals surface area contributed by atoms with E-state index in [9.17, 15) is 4.79 Å². The van der Waals surface area contributed by atoms with Gasteiger partial charge in [0.1, 0.15) is 0 Å². The van der Waals surface area contributed by atoms with Crippen molar-refractivity contribution in [3.05, 3.63) is 34.9 Å². The summed E-state index contributed by atoms with van der Waals surface area (Å²) in [5.74, 6) is 0.487. The fourth-order valence-electron chi connectivity index (χ4n) is 3.21. The average molecular weight is 474 g/mol. The molecule has 0 saturated carbocycles. The molecule has 1 heterocycles. The monoisotopic (exact) mass is 474 g/mol. The molecule has 0 radical (unpaired) electrons. The van der Waals surface area contributed by atoms with Crippen LogP contribution in [0.15, 0.2) is 23.2 Å². The second kappa shape index (κ2) is 11.3. The first kappa shape index (κ1) is 22.5. The number of carbonyl (C=O) groups is 1. The number of benzene rings is 1. The van der Waals surface area contributed by atoms with Crippen molar-refractivity contribution in [1.82, 2.24) is 10.2 Å². The standard InChI is InChI=1S/C19H30N4O2.HI/c1-4-25-19(24)23-12-9-16(10-13-23)22-18(20)21-11-8-17-14(2)6-5-7-15(17)3;/h5-7,16H,4,8-13H2,1-3H3,(H3,20,21,22);1H. The number of piperidine rings is 1. The Balaban J connectivity index is 0.00000338. The molecule has 0 atom stereocenters. The Hall–Kier alpha value is -1.51. The molecule has 3 N–H and O–H groups in total. The van der Waals surface area contributed by atoms with Gasteiger partial charge in [0.05, 0.1) is 6.61 Å². The van der Waals surface area contributed by atoms with Crippen molar-refractivity contribution in [2.24, 2.45) is 10.7 Å². The van der Waals surface area contributed by atoms with Crippen LogP contribution in [-0.4, -0.2) is 49.2 Å². The summed E-state index contributed by atoms with van der Waals surface area (Å²) in [7, 11) is 0. The van der Waals surface area contributed by atoms with Gasteiger partial charge in [-0.2, -0.15) is 0 Å². The third-order valence-corrected chi connectivity index (χ3v) is 4.66. The van der Waals surface area contributed by atoms with Crippen LogP contribution in [0.25, 0.3) is 0 Å². The van der Waals surface area contributed by atoms with Crippen LogP contribution < -0.4 is 11.1 Å². The van der Waals surface area contributed by atoms with Crippen LogP contribution in [0.2, 0.25) is 0 Å². The molecule has 1 amide bonds. The number of hydrogen-bond acceptors (Lipinski definition) is 3. The SMILES string of the molecule is CCOC(=O)N1CCC(NC(N)=NCCc2c(C)cccc2C)CC1.I. The largest absolute Gasteiger partial charge is 0.450 e. The van der Waals surface area contributed by atoms with Crippen molar-refractivity contribution >= 4 is 36.0 Å². The number of nitrogens with one attached hydrogen (secondary N) is 1. The smallest absolute Gasteiger partial charge is 0.409 e. The number of rotatable bonds is 5. The lowest BCUT2D eigenvalue weighted by atomic mass is 10.0. The van der Waals surface area contributed by atoms with Gasteiger partial charge in [-0.05, 0) is 56.7 Å². The van der Waals surface area contributed by atoms with Crippen LogP contribution >= 0.6 is 24.0 Å². The molecule has 1 saturated heterocycles. The molecule has 1 aromatic carbocycles. The zero-order valence-electron chi connectivity index (χ0n) is 16.0. The zero-order chi connectivity index (χ0) is 18.2. The van der Waals surface area contributed by atoms with E-state index in [4.69, 9.17) is 10.5 Å². The Morgan fingerprint density at radius 3 is 2.50 bits per heavy atom. The minimum absolute atomic E-state index is 0. The van der Waals surface area contributed by atoms with E-state index in [1.165, 1.54) is 16.7 Å². The van der Waals surface area contributed by atoms with Gasteiger partial charge in [0.2, 0.25) is 0 Å². The van der Waals surface area contributed by atoms with E-state index in [2.05, 4.69) is 42.4 Å². The number of carbonyl (C=O) groups excluding carboxylic acids is 1. The quantitative estimate of drug-likeness (QED) is 0.391. The molecule has 0 unspecified atom stereocenters. The summed E-state index contributed by atoms with van der Waals surface area (Å²) in [4.78, 5) is 17.9. The Morgan fingerprint density at radius 1 is 1.31 bits per heavy atom. The van der Waals surface area contributed by atoms with Crippen molar-refractivity contribution in [3.63, 3.8) is 0 Å². The third-order valence-electron chi connectivity index (χ3n) is 4.66. The topological polar surface area (TPSA) is 80.0 Å². The summed E-state index contributed by atoms with van der Waals surface area (Å²) in [6.45, 7) is 8.54. The first-order valence-corrected chi connectivity index (χ1v) is 9.04. The van der Waals surface area contributed by atoms with Gasteiger partial charge < -0.3 is 20.7 Å². The molecule has 0 spiro atoms. The van der Waals surface area contributed by atoms with Crippen LogP contribution in [0.1, 0.15) is 36.5 Å². The van der Waals surface area contributed by atoms with E-state index in [-0.39, 0.29) is 36.1 Å². The number of guanidine groups is 1. The van der Waals surface area contributed by atoms with E-state index in [0.717, 1.165) is 19.3 Å². The number of halogens is 1. The number of amides is 1. The lowest BCUT2D eigenvalue weighted by Crippen LogP contribution is -2.48. The molecule has 1 fully saturated rings. The maximum absolute atomic E-state index is 11.7. The molecule has 1 aliphatic rings. The van der Waals surface area contributed by atoms with E-state index >= 15 is 0 Å². The average Bonchev–Trinajstić information content (AvgIpc) is 2.58. The number of likely N-dealkylation sites (tertiary alicyclic amines) is 1. The molecule has 2 rings (SSSR count). The third kappa shape index (κ3) is 6.66. The van der Waals surface area contributed by atoms with Gasteiger partial charge in [-0.1, -0.05) is 18.2 Å². The molecular formula is C19H31IN4O2. The van der Waals surface area contributed by atoms with Crippen LogP contribution in [0.4, 0.5) is 4.79 Å². The van der Waals surface area contributed by atoms with Crippen molar-refractivity contribution in [3.8, 4) is 0 Å². The van der Waals surface area contributed by atoms with E-state index in [1.54, 1.807) is 4.90 Å². The Labute approximate surface area is 173 Å².